The van der Waals surface area contributed by atoms with Crippen LogP contribution >= 0.6 is 7.82 Å². The molecule has 0 saturated heterocycles. The Labute approximate surface area is 135 Å². The summed E-state index contributed by atoms with van der Waals surface area (Å²) < 4.78 is 28.7. The molecule has 0 bridgehead atoms. The van der Waals surface area contributed by atoms with Gasteiger partial charge in [-0.1, -0.05) is 71.1 Å². The lowest BCUT2D eigenvalue weighted by atomic mass is 10.0. The molecule has 0 heterocycles. The highest BCUT2D eigenvalue weighted by atomic mass is 31.2. The molecule has 0 rings (SSSR count). The molecule has 0 aromatic rings. The van der Waals surface area contributed by atoms with Crippen molar-refractivity contribution in [2.24, 2.45) is 0 Å². The molecule has 0 spiro atoms. The van der Waals surface area contributed by atoms with Crippen molar-refractivity contribution in [2.45, 2.75) is 103 Å². The Morgan fingerprint density at radius 1 is 0.955 bits per heavy atom. The first kappa shape index (κ1) is 22.0. The Bertz CT molecular complexity index is 296. The van der Waals surface area contributed by atoms with Gasteiger partial charge in [0.25, 0.3) is 0 Å². The molecule has 0 saturated carbocycles. The first-order valence-corrected chi connectivity index (χ1v) is 10.3. The molecule has 0 fully saturated rings. The van der Waals surface area contributed by atoms with Crippen molar-refractivity contribution in [3.63, 3.8) is 0 Å². The molecule has 0 aliphatic carbocycles. The fourth-order valence-corrected chi connectivity index (χ4v) is 3.16. The molecule has 22 heavy (non-hydrogen) atoms. The average molecular weight is 340 g/mol. The van der Waals surface area contributed by atoms with Crippen LogP contribution in [0.1, 0.15) is 90.9 Å². The second-order valence-corrected chi connectivity index (χ2v) is 7.40. The molecule has 0 amide bonds. The number of halogens is 1. The Morgan fingerprint density at radius 2 is 1.41 bits per heavy atom. The van der Waals surface area contributed by atoms with E-state index in [2.05, 4.69) is 11.4 Å². The molecule has 0 aliphatic heterocycles. The van der Waals surface area contributed by atoms with Crippen molar-refractivity contribution in [1.29, 1.82) is 0 Å². The van der Waals surface area contributed by atoms with E-state index in [1.807, 2.05) is 0 Å². The van der Waals surface area contributed by atoms with Crippen LogP contribution in [0.4, 0.5) is 4.39 Å². The summed E-state index contributed by atoms with van der Waals surface area (Å²) in [5, 5.41) is 0. The maximum absolute atomic E-state index is 13.6. The van der Waals surface area contributed by atoms with Gasteiger partial charge in [-0.3, -0.25) is 4.52 Å². The lowest BCUT2D eigenvalue weighted by Gasteiger charge is -2.16. The third-order valence-corrected chi connectivity index (χ3v) is 4.41. The summed E-state index contributed by atoms with van der Waals surface area (Å²) in [6.45, 7) is 3.71. The molecule has 0 aliphatic rings. The van der Waals surface area contributed by atoms with Crippen LogP contribution in [0.3, 0.4) is 0 Å². The number of rotatable bonds is 15. The maximum Gasteiger partial charge on any atom is 0.469 e. The van der Waals surface area contributed by atoms with Gasteiger partial charge in [0.1, 0.15) is 6.17 Å². The summed E-state index contributed by atoms with van der Waals surface area (Å²) in [7, 11) is -4.50. The van der Waals surface area contributed by atoms with Gasteiger partial charge in [-0.25, -0.2) is 8.96 Å². The topological polar surface area (TPSA) is 66.8 Å². The smallest absolute Gasteiger partial charge is 0.303 e. The normalized spacial score (nSPS) is 15.0. The molecule has 134 valence electrons. The van der Waals surface area contributed by atoms with E-state index in [9.17, 15) is 8.96 Å². The van der Waals surface area contributed by atoms with Crippen molar-refractivity contribution >= 4 is 7.82 Å². The zero-order valence-electron chi connectivity index (χ0n) is 14.2. The number of unbranched alkanes of at least 4 members (excludes halogenated alkanes) is 9. The van der Waals surface area contributed by atoms with Gasteiger partial charge in [-0.05, 0) is 13.3 Å². The standard InChI is InChI=1S/C16H34FO4P/c1-3-4-5-6-7-8-9-10-11-12-13-16(17)14-15(2)21-22(18,19)20/h15-16H,3-14H2,1-2H3,(H2,18,19,20). The average Bonchev–Trinajstić information content (AvgIpc) is 2.38. The fraction of sp³-hybridized carbons (Fsp3) is 1.00. The highest BCUT2D eigenvalue weighted by Gasteiger charge is 2.21. The first-order valence-electron chi connectivity index (χ1n) is 8.73. The lowest BCUT2D eigenvalue weighted by Crippen LogP contribution is -2.14. The minimum absolute atomic E-state index is 0.0442. The van der Waals surface area contributed by atoms with E-state index in [4.69, 9.17) is 9.79 Å². The monoisotopic (exact) mass is 340 g/mol. The summed E-state index contributed by atoms with van der Waals surface area (Å²) in [5.74, 6) is 0. The van der Waals surface area contributed by atoms with Crippen molar-refractivity contribution < 1.29 is 23.3 Å². The zero-order valence-corrected chi connectivity index (χ0v) is 15.1. The van der Waals surface area contributed by atoms with Crippen LogP contribution in [0.15, 0.2) is 0 Å². The molecule has 2 atom stereocenters. The van der Waals surface area contributed by atoms with Crippen LogP contribution in [0.2, 0.25) is 0 Å². The van der Waals surface area contributed by atoms with Crippen LogP contribution in [0.5, 0.6) is 0 Å². The second kappa shape index (κ2) is 13.5. The van der Waals surface area contributed by atoms with Gasteiger partial charge in [-0.2, -0.15) is 0 Å². The van der Waals surface area contributed by atoms with Crippen LogP contribution in [0, 0.1) is 0 Å². The van der Waals surface area contributed by atoms with Crippen molar-refractivity contribution in [1.82, 2.24) is 0 Å². The van der Waals surface area contributed by atoms with Crippen molar-refractivity contribution in [2.75, 3.05) is 0 Å². The van der Waals surface area contributed by atoms with Gasteiger partial charge < -0.3 is 9.79 Å². The number of hydrogen-bond donors (Lipinski definition) is 2. The number of hydrogen-bond acceptors (Lipinski definition) is 2. The lowest BCUT2D eigenvalue weighted by molar-refractivity contribution is 0.112. The van der Waals surface area contributed by atoms with E-state index in [0.29, 0.717) is 6.42 Å². The molecule has 4 nitrogen and oxygen atoms in total. The van der Waals surface area contributed by atoms with Gasteiger partial charge in [0.05, 0.1) is 6.10 Å². The van der Waals surface area contributed by atoms with Crippen LogP contribution < -0.4 is 0 Å². The van der Waals surface area contributed by atoms with Gasteiger partial charge in [0.15, 0.2) is 0 Å². The SMILES string of the molecule is CCCCCCCCCCCCC(F)CC(C)OP(=O)(O)O. The minimum Gasteiger partial charge on any atom is -0.303 e. The van der Waals surface area contributed by atoms with Gasteiger partial charge in [0.2, 0.25) is 0 Å². The minimum atomic E-state index is -4.50. The number of phosphoric acid groups is 1. The quantitative estimate of drug-likeness (QED) is 0.304. The summed E-state index contributed by atoms with van der Waals surface area (Å²) in [4.78, 5) is 17.3. The highest BCUT2D eigenvalue weighted by Crippen LogP contribution is 2.38. The largest absolute Gasteiger partial charge is 0.469 e. The molecule has 2 unspecified atom stereocenters. The number of phosphoric ester groups is 1. The first-order chi connectivity index (χ1) is 10.3. The van der Waals surface area contributed by atoms with E-state index < -0.39 is 20.1 Å². The summed E-state index contributed by atoms with van der Waals surface area (Å²) in [6, 6.07) is 0. The Kier molecular flexibility index (Phi) is 13.5. The fourth-order valence-electron chi connectivity index (χ4n) is 2.61. The predicted octanol–water partition coefficient (Wildman–Crippen LogP) is 5.52. The third-order valence-electron chi connectivity index (χ3n) is 3.78. The number of alkyl halides is 1. The van der Waals surface area contributed by atoms with E-state index in [1.54, 1.807) is 0 Å². The predicted molar refractivity (Wildman–Crippen MR) is 88.6 cm³/mol. The van der Waals surface area contributed by atoms with E-state index in [-0.39, 0.29) is 6.42 Å². The Hall–Kier alpha value is 0.0400. The highest BCUT2D eigenvalue weighted by molar-refractivity contribution is 7.46. The molecular formula is C16H34FO4P. The van der Waals surface area contributed by atoms with Crippen LogP contribution in [0.25, 0.3) is 0 Å². The third kappa shape index (κ3) is 16.4. The molecule has 0 aromatic carbocycles. The molecule has 2 N–H and O–H groups in total. The molecular weight excluding hydrogens is 306 g/mol. The van der Waals surface area contributed by atoms with Gasteiger partial charge in [0, 0.05) is 6.42 Å². The van der Waals surface area contributed by atoms with Gasteiger partial charge in [-0.15, -0.1) is 0 Å². The summed E-state index contributed by atoms with van der Waals surface area (Å²) in [5.41, 5.74) is 0. The van der Waals surface area contributed by atoms with E-state index in [1.165, 1.54) is 51.9 Å². The molecule has 0 radical (unpaired) electrons. The summed E-state index contributed by atoms with van der Waals surface area (Å²) >= 11 is 0. The van der Waals surface area contributed by atoms with Crippen molar-refractivity contribution in [3.8, 4) is 0 Å². The van der Waals surface area contributed by atoms with Crippen LogP contribution in [-0.4, -0.2) is 22.1 Å². The Balaban J connectivity index is 3.38. The zero-order chi connectivity index (χ0) is 16.8. The van der Waals surface area contributed by atoms with Crippen molar-refractivity contribution in [3.05, 3.63) is 0 Å². The van der Waals surface area contributed by atoms with Crippen LogP contribution in [-0.2, 0) is 9.09 Å². The van der Waals surface area contributed by atoms with E-state index >= 15 is 0 Å². The molecule has 0 aromatic heterocycles. The summed E-state index contributed by atoms with van der Waals surface area (Å²) in [6.07, 6.45) is 10.8. The van der Waals surface area contributed by atoms with Gasteiger partial charge >= 0.3 is 7.82 Å². The maximum atomic E-state index is 13.6. The van der Waals surface area contributed by atoms with E-state index in [0.717, 1.165) is 19.3 Å². The molecule has 6 heteroatoms. The Morgan fingerprint density at radius 3 is 1.86 bits per heavy atom. The second-order valence-electron chi connectivity index (χ2n) is 6.21.